The Bertz CT molecular complexity index is 531. The molecular formula is C15H17FN2O. The topological polar surface area (TPSA) is 47.3 Å². The van der Waals surface area contributed by atoms with Gasteiger partial charge >= 0.3 is 0 Å². The number of hydrogen-bond donors (Lipinski definition) is 2. The lowest BCUT2D eigenvalue weighted by Gasteiger charge is -2.09. The first-order valence-electron chi connectivity index (χ1n) is 6.19. The molecule has 4 heteroatoms. The summed E-state index contributed by atoms with van der Waals surface area (Å²) in [5.74, 6) is 0.550. The van der Waals surface area contributed by atoms with Crippen LogP contribution in [0, 0.1) is 5.82 Å². The minimum Gasteiger partial charge on any atom is -0.492 e. The lowest BCUT2D eigenvalue weighted by atomic mass is 10.2. The van der Waals surface area contributed by atoms with Crippen molar-refractivity contribution in [2.45, 2.75) is 6.54 Å². The fourth-order valence-electron chi connectivity index (χ4n) is 1.72. The van der Waals surface area contributed by atoms with Crippen molar-refractivity contribution in [3.05, 3.63) is 59.9 Å². The lowest BCUT2D eigenvalue weighted by Crippen LogP contribution is -2.10. The first-order valence-corrected chi connectivity index (χ1v) is 6.19. The van der Waals surface area contributed by atoms with E-state index in [9.17, 15) is 4.39 Å². The molecule has 0 saturated heterocycles. The molecule has 3 nitrogen and oxygen atoms in total. The van der Waals surface area contributed by atoms with Gasteiger partial charge in [-0.1, -0.05) is 18.2 Å². The van der Waals surface area contributed by atoms with Crippen molar-refractivity contribution >= 4 is 5.69 Å². The SMILES string of the molecule is NCCOc1cccc(CNc2cccc(F)c2)c1. The molecule has 0 atom stereocenters. The monoisotopic (exact) mass is 260 g/mol. The molecule has 0 bridgehead atoms. The van der Waals surface area contributed by atoms with Crippen LogP contribution in [0.15, 0.2) is 48.5 Å². The highest BCUT2D eigenvalue weighted by atomic mass is 19.1. The Morgan fingerprint density at radius 2 is 1.95 bits per heavy atom. The van der Waals surface area contributed by atoms with E-state index in [1.165, 1.54) is 12.1 Å². The average Bonchev–Trinajstić information content (AvgIpc) is 2.43. The van der Waals surface area contributed by atoms with Crippen LogP contribution in [0.2, 0.25) is 0 Å². The summed E-state index contributed by atoms with van der Waals surface area (Å²) in [6, 6.07) is 14.1. The normalized spacial score (nSPS) is 10.2. The van der Waals surface area contributed by atoms with Gasteiger partial charge in [-0.3, -0.25) is 0 Å². The number of nitrogens with one attached hydrogen (secondary N) is 1. The molecule has 0 amide bonds. The summed E-state index contributed by atoms with van der Waals surface area (Å²) in [4.78, 5) is 0. The van der Waals surface area contributed by atoms with Crippen LogP contribution < -0.4 is 15.8 Å². The summed E-state index contributed by atoms with van der Waals surface area (Å²) in [6.45, 7) is 1.61. The zero-order chi connectivity index (χ0) is 13.5. The second-order valence-corrected chi connectivity index (χ2v) is 4.15. The Kier molecular flexibility index (Phi) is 4.75. The fraction of sp³-hybridized carbons (Fsp3) is 0.200. The van der Waals surface area contributed by atoms with Gasteiger partial charge in [0.1, 0.15) is 18.2 Å². The van der Waals surface area contributed by atoms with Gasteiger partial charge in [-0.25, -0.2) is 4.39 Å². The average molecular weight is 260 g/mol. The number of ether oxygens (including phenoxy) is 1. The Hall–Kier alpha value is -2.07. The van der Waals surface area contributed by atoms with Gasteiger partial charge in [0, 0.05) is 18.8 Å². The van der Waals surface area contributed by atoms with Crippen LogP contribution in [0.5, 0.6) is 5.75 Å². The van der Waals surface area contributed by atoms with E-state index in [1.807, 2.05) is 30.3 Å². The van der Waals surface area contributed by atoms with Gasteiger partial charge in [0.15, 0.2) is 0 Å². The van der Waals surface area contributed by atoms with Gasteiger partial charge in [-0.05, 0) is 35.9 Å². The minimum atomic E-state index is -0.245. The van der Waals surface area contributed by atoms with Crippen molar-refractivity contribution in [1.82, 2.24) is 0 Å². The molecule has 100 valence electrons. The van der Waals surface area contributed by atoms with Crippen molar-refractivity contribution in [3.63, 3.8) is 0 Å². The van der Waals surface area contributed by atoms with E-state index in [0.29, 0.717) is 19.7 Å². The Morgan fingerprint density at radius 1 is 1.11 bits per heavy atom. The molecule has 0 aliphatic rings. The Morgan fingerprint density at radius 3 is 2.74 bits per heavy atom. The van der Waals surface area contributed by atoms with Gasteiger partial charge in [-0.2, -0.15) is 0 Å². The van der Waals surface area contributed by atoms with Crippen LogP contribution in [0.4, 0.5) is 10.1 Å². The highest BCUT2D eigenvalue weighted by Gasteiger charge is 1.98. The Labute approximate surface area is 112 Å². The van der Waals surface area contributed by atoms with E-state index < -0.39 is 0 Å². The smallest absolute Gasteiger partial charge is 0.125 e. The van der Waals surface area contributed by atoms with Crippen LogP contribution in [0.25, 0.3) is 0 Å². The maximum absolute atomic E-state index is 13.0. The van der Waals surface area contributed by atoms with Gasteiger partial charge in [0.05, 0.1) is 0 Å². The summed E-state index contributed by atoms with van der Waals surface area (Å²) in [7, 11) is 0. The third kappa shape index (κ3) is 4.26. The molecule has 0 unspecified atom stereocenters. The zero-order valence-corrected chi connectivity index (χ0v) is 10.6. The van der Waals surface area contributed by atoms with E-state index in [1.54, 1.807) is 6.07 Å². The highest BCUT2D eigenvalue weighted by Crippen LogP contribution is 2.15. The minimum absolute atomic E-state index is 0.245. The maximum atomic E-state index is 13.0. The van der Waals surface area contributed by atoms with Crippen molar-refractivity contribution in [2.24, 2.45) is 5.73 Å². The van der Waals surface area contributed by atoms with Gasteiger partial charge in [0.2, 0.25) is 0 Å². The second-order valence-electron chi connectivity index (χ2n) is 4.15. The van der Waals surface area contributed by atoms with Crippen molar-refractivity contribution in [1.29, 1.82) is 0 Å². The van der Waals surface area contributed by atoms with E-state index in [4.69, 9.17) is 10.5 Å². The molecule has 0 radical (unpaired) electrons. The van der Waals surface area contributed by atoms with Crippen LogP contribution in [0.3, 0.4) is 0 Å². The largest absolute Gasteiger partial charge is 0.492 e. The molecule has 0 aliphatic carbocycles. The van der Waals surface area contributed by atoms with Gasteiger partial charge < -0.3 is 15.8 Å². The summed E-state index contributed by atoms with van der Waals surface area (Å²) in [5.41, 5.74) is 7.22. The molecule has 2 rings (SSSR count). The summed E-state index contributed by atoms with van der Waals surface area (Å²) >= 11 is 0. The quantitative estimate of drug-likeness (QED) is 0.839. The van der Waals surface area contributed by atoms with Crippen molar-refractivity contribution in [2.75, 3.05) is 18.5 Å². The molecule has 0 saturated carbocycles. The number of halogens is 1. The number of benzene rings is 2. The number of nitrogens with two attached hydrogens (primary N) is 1. The molecule has 0 fully saturated rings. The predicted molar refractivity (Wildman–Crippen MR) is 74.7 cm³/mol. The van der Waals surface area contributed by atoms with Crippen molar-refractivity contribution in [3.8, 4) is 5.75 Å². The van der Waals surface area contributed by atoms with Crippen LogP contribution in [0.1, 0.15) is 5.56 Å². The summed E-state index contributed by atoms with van der Waals surface area (Å²) < 4.78 is 18.5. The van der Waals surface area contributed by atoms with E-state index in [-0.39, 0.29) is 5.82 Å². The summed E-state index contributed by atoms with van der Waals surface area (Å²) in [6.07, 6.45) is 0. The molecule has 0 aliphatic heterocycles. The third-order valence-electron chi connectivity index (χ3n) is 2.61. The molecule has 2 aromatic rings. The fourth-order valence-corrected chi connectivity index (χ4v) is 1.72. The number of hydrogen-bond acceptors (Lipinski definition) is 3. The van der Waals surface area contributed by atoms with E-state index in [0.717, 1.165) is 17.0 Å². The molecule has 0 spiro atoms. The molecule has 0 heterocycles. The maximum Gasteiger partial charge on any atom is 0.125 e. The molecule has 0 aromatic heterocycles. The van der Waals surface area contributed by atoms with Crippen molar-refractivity contribution < 1.29 is 9.13 Å². The van der Waals surface area contributed by atoms with E-state index in [2.05, 4.69) is 5.32 Å². The molecule has 2 aromatic carbocycles. The predicted octanol–water partition coefficient (Wildman–Crippen LogP) is 2.78. The first kappa shape index (κ1) is 13.4. The second kappa shape index (κ2) is 6.75. The van der Waals surface area contributed by atoms with Gasteiger partial charge in [-0.15, -0.1) is 0 Å². The van der Waals surface area contributed by atoms with E-state index >= 15 is 0 Å². The van der Waals surface area contributed by atoms with Crippen LogP contribution >= 0.6 is 0 Å². The standard InChI is InChI=1S/C15H17FN2O/c16-13-4-2-5-14(10-13)18-11-12-3-1-6-15(9-12)19-8-7-17/h1-6,9-10,18H,7-8,11,17H2. The molecular weight excluding hydrogens is 243 g/mol. The lowest BCUT2D eigenvalue weighted by molar-refractivity contribution is 0.328. The zero-order valence-electron chi connectivity index (χ0n) is 10.6. The number of anilines is 1. The van der Waals surface area contributed by atoms with Crippen LogP contribution in [-0.2, 0) is 6.54 Å². The van der Waals surface area contributed by atoms with Crippen LogP contribution in [-0.4, -0.2) is 13.2 Å². The molecule has 3 N–H and O–H groups in total. The Balaban J connectivity index is 1.95. The third-order valence-corrected chi connectivity index (χ3v) is 2.61. The highest BCUT2D eigenvalue weighted by molar-refractivity contribution is 5.44. The number of rotatable bonds is 6. The molecule has 19 heavy (non-hydrogen) atoms. The summed E-state index contributed by atoms with van der Waals surface area (Å²) in [5, 5.41) is 3.16. The first-order chi connectivity index (χ1) is 9.28. The van der Waals surface area contributed by atoms with Gasteiger partial charge in [0.25, 0.3) is 0 Å².